The molecule has 1 fully saturated rings. The molecule has 1 aromatic rings. The standard InChI is InChI=1S/C17H22F3N3O2/c1-13(24)21-8-9-22-15(25)16(17(18,19)20)7-10-23(12-16)11-14-5-3-2-4-6-14/h2-6H,7-12H2,1H3,(H,21,24)(H,22,25). The van der Waals surface area contributed by atoms with E-state index < -0.39 is 17.5 Å². The molecule has 0 saturated carbocycles. The van der Waals surface area contributed by atoms with Crippen LogP contribution in [0.2, 0.25) is 0 Å². The van der Waals surface area contributed by atoms with E-state index in [1.165, 1.54) is 6.92 Å². The number of rotatable bonds is 6. The summed E-state index contributed by atoms with van der Waals surface area (Å²) < 4.78 is 41.0. The zero-order chi connectivity index (χ0) is 18.5. The molecular weight excluding hydrogens is 335 g/mol. The van der Waals surface area contributed by atoms with E-state index in [-0.39, 0.29) is 38.5 Å². The number of halogens is 3. The Morgan fingerprint density at radius 3 is 2.40 bits per heavy atom. The van der Waals surface area contributed by atoms with Crippen molar-refractivity contribution in [3.63, 3.8) is 0 Å². The Kier molecular flexibility index (Phi) is 6.05. The molecule has 0 radical (unpaired) electrons. The normalized spacial score (nSPS) is 21.1. The molecule has 1 unspecified atom stereocenters. The fraction of sp³-hybridized carbons (Fsp3) is 0.529. The van der Waals surface area contributed by atoms with Crippen LogP contribution < -0.4 is 10.6 Å². The van der Waals surface area contributed by atoms with Crippen LogP contribution in [0.4, 0.5) is 13.2 Å². The molecule has 0 aliphatic carbocycles. The Morgan fingerprint density at radius 1 is 1.16 bits per heavy atom. The van der Waals surface area contributed by atoms with E-state index in [1.807, 2.05) is 30.3 Å². The minimum atomic E-state index is -4.63. The van der Waals surface area contributed by atoms with E-state index in [0.717, 1.165) is 5.56 Å². The summed E-state index contributed by atoms with van der Waals surface area (Å²) >= 11 is 0. The lowest BCUT2D eigenvalue weighted by Gasteiger charge is -2.30. The van der Waals surface area contributed by atoms with Gasteiger partial charge in [-0.15, -0.1) is 0 Å². The van der Waals surface area contributed by atoms with Gasteiger partial charge < -0.3 is 10.6 Å². The summed E-state index contributed by atoms with van der Waals surface area (Å²) in [5, 5.41) is 4.75. The molecule has 1 aromatic carbocycles. The molecule has 0 aromatic heterocycles. The molecule has 1 aliphatic rings. The number of carbonyl (C=O) groups excluding carboxylic acids is 2. The predicted molar refractivity (Wildman–Crippen MR) is 86.5 cm³/mol. The van der Waals surface area contributed by atoms with Gasteiger partial charge in [-0.3, -0.25) is 14.5 Å². The molecule has 1 atom stereocenters. The van der Waals surface area contributed by atoms with Crippen LogP contribution in [0.5, 0.6) is 0 Å². The molecule has 1 aliphatic heterocycles. The molecular formula is C17H22F3N3O2. The maximum atomic E-state index is 13.7. The fourth-order valence-corrected chi connectivity index (χ4v) is 2.99. The first-order valence-electron chi connectivity index (χ1n) is 8.10. The zero-order valence-electron chi connectivity index (χ0n) is 14.0. The second-order valence-electron chi connectivity index (χ2n) is 6.26. The van der Waals surface area contributed by atoms with E-state index in [9.17, 15) is 22.8 Å². The van der Waals surface area contributed by atoms with Gasteiger partial charge in [0.1, 0.15) is 0 Å². The van der Waals surface area contributed by atoms with Gasteiger partial charge in [-0.2, -0.15) is 13.2 Å². The third kappa shape index (κ3) is 4.72. The highest BCUT2D eigenvalue weighted by Crippen LogP contribution is 2.46. The quantitative estimate of drug-likeness (QED) is 0.762. The van der Waals surface area contributed by atoms with E-state index in [0.29, 0.717) is 6.54 Å². The van der Waals surface area contributed by atoms with Crippen LogP contribution in [-0.2, 0) is 16.1 Å². The van der Waals surface area contributed by atoms with Crippen LogP contribution in [0.25, 0.3) is 0 Å². The summed E-state index contributed by atoms with van der Waals surface area (Å²) in [5.74, 6) is -1.32. The lowest BCUT2D eigenvalue weighted by atomic mass is 9.85. The highest BCUT2D eigenvalue weighted by molar-refractivity contribution is 5.84. The number of nitrogens with zero attached hydrogens (tertiary/aromatic N) is 1. The summed E-state index contributed by atoms with van der Waals surface area (Å²) in [5.41, 5.74) is -1.50. The second kappa shape index (κ2) is 7.86. The van der Waals surface area contributed by atoms with Gasteiger partial charge in [-0.1, -0.05) is 30.3 Å². The average molecular weight is 357 g/mol. The number of amides is 2. The van der Waals surface area contributed by atoms with Crippen LogP contribution >= 0.6 is 0 Å². The number of hydrogen-bond donors (Lipinski definition) is 2. The molecule has 25 heavy (non-hydrogen) atoms. The summed E-state index contributed by atoms with van der Waals surface area (Å²) in [6.45, 7) is 1.58. The second-order valence-corrected chi connectivity index (χ2v) is 6.26. The van der Waals surface area contributed by atoms with Crippen LogP contribution in [-0.4, -0.2) is 49.1 Å². The van der Waals surface area contributed by atoms with Gasteiger partial charge in [0.05, 0.1) is 0 Å². The minimum Gasteiger partial charge on any atom is -0.355 e. The van der Waals surface area contributed by atoms with Crippen molar-refractivity contribution in [2.45, 2.75) is 26.1 Å². The first kappa shape index (κ1) is 19.2. The Balaban J connectivity index is 2.01. The SMILES string of the molecule is CC(=O)NCCNC(=O)C1(C(F)(F)F)CCN(Cc2ccccc2)C1. The van der Waals surface area contributed by atoms with Gasteiger partial charge in [0.2, 0.25) is 11.8 Å². The molecule has 8 heteroatoms. The molecule has 2 amide bonds. The molecule has 2 rings (SSSR count). The van der Waals surface area contributed by atoms with Gasteiger partial charge in [0, 0.05) is 33.1 Å². The van der Waals surface area contributed by atoms with Crippen molar-refractivity contribution >= 4 is 11.8 Å². The fourth-order valence-electron chi connectivity index (χ4n) is 2.99. The highest BCUT2D eigenvalue weighted by Gasteiger charge is 2.62. The van der Waals surface area contributed by atoms with Crippen molar-refractivity contribution in [2.24, 2.45) is 5.41 Å². The largest absolute Gasteiger partial charge is 0.404 e. The minimum absolute atomic E-state index is 0.0328. The Bertz CT molecular complexity index is 607. The maximum Gasteiger partial charge on any atom is 0.404 e. The first-order chi connectivity index (χ1) is 11.7. The summed E-state index contributed by atoms with van der Waals surface area (Å²) in [6.07, 6.45) is -4.90. The number of carbonyl (C=O) groups is 2. The Morgan fingerprint density at radius 2 is 1.80 bits per heavy atom. The molecule has 5 nitrogen and oxygen atoms in total. The maximum absolute atomic E-state index is 13.7. The number of benzene rings is 1. The Labute approximate surface area is 144 Å². The zero-order valence-corrected chi connectivity index (χ0v) is 14.0. The Hall–Kier alpha value is -2.09. The lowest BCUT2D eigenvalue weighted by molar-refractivity contribution is -0.218. The van der Waals surface area contributed by atoms with Crippen LogP contribution in [0.15, 0.2) is 30.3 Å². The van der Waals surface area contributed by atoms with Gasteiger partial charge in [-0.05, 0) is 18.5 Å². The van der Waals surface area contributed by atoms with Gasteiger partial charge >= 0.3 is 6.18 Å². The van der Waals surface area contributed by atoms with E-state index in [2.05, 4.69) is 10.6 Å². The average Bonchev–Trinajstić information content (AvgIpc) is 2.97. The summed E-state index contributed by atoms with van der Waals surface area (Å²) in [6, 6.07) is 9.20. The van der Waals surface area contributed by atoms with Crippen LogP contribution in [0, 0.1) is 5.41 Å². The number of hydrogen-bond acceptors (Lipinski definition) is 3. The molecule has 0 spiro atoms. The van der Waals surface area contributed by atoms with E-state index in [1.54, 1.807) is 4.90 Å². The van der Waals surface area contributed by atoms with Gasteiger partial charge in [-0.25, -0.2) is 0 Å². The smallest absolute Gasteiger partial charge is 0.355 e. The monoisotopic (exact) mass is 357 g/mol. The third-order valence-electron chi connectivity index (χ3n) is 4.36. The summed E-state index contributed by atoms with van der Waals surface area (Å²) in [7, 11) is 0. The molecule has 138 valence electrons. The van der Waals surface area contributed by atoms with Crippen LogP contribution in [0.1, 0.15) is 18.9 Å². The van der Waals surface area contributed by atoms with Crippen molar-refractivity contribution < 1.29 is 22.8 Å². The molecule has 0 bridgehead atoms. The first-order valence-corrected chi connectivity index (χ1v) is 8.10. The predicted octanol–water partition coefficient (Wildman–Crippen LogP) is 1.69. The highest BCUT2D eigenvalue weighted by atomic mass is 19.4. The third-order valence-corrected chi connectivity index (χ3v) is 4.36. The molecule has 1 heterocycles. The molecule has 2 N–H and O–H groups in total. The van der Waals surface area contributed by atoms with E-state index in [4.69, 9.17) is 0 Å². The van der Waals surface area contributed by atoms with Crippen molar-refractivity contribution in [1.29, 1.82) is 0 Å². The number of likely N-dealkylation sites (tertiary alicyclic amines) is 1. The van der Waals surface area contributed by atoms with Crippen molar-refractivity contribution in [1.82, 2.24) is 15.5 Å². The number of nitrogens with one attached hydrogen (secondary N) is 2. The van der Waals surface area contributed by atoms with Gasteiger partial charge in [0.25, 0.3) is 0 Å². The topological polar surface area (TPSA) is 61.4 Å². The van der Waals surface area contributed by atoms with Crippen molar-refractivity contribution in [2.75, 3.05) is 26.2 Å². The van der Waals surface area contributed by atoms with Gasteiger partial charge in [0.15, 0.2) is 5.41 Å². The lowest BCUT2D eigenvalue weighted by Crippen LogP contribution is -2.53. The van der Waals surface area contributed by atoms with Crippen LogP contribution in [0.3, 0.4) is 0 Å². The van der Waals surface area contributed by atoms with Crippen molar-refractivity contribution in [3.05, 3.63) is 35.9 Å². The number of alkyl halides is 3. The van der Waals surface area contributed by atoms with E-state index >= 15 is 0 Å². The van der Waals surface area contributed by atoms with Crippen molar-refractivity contribution in [3.8, 4) is 0 Å². The molecule has 1 saturated heterocycles. The summed E-state index contributed by atoms with van der Waals surface area (Å²) in [4.78, 5) is 24.7.